The summed E-state index contributed by atoms with van der Waals surface area (Å²) in [6.07, 6.45) is 0. The van der Waals surface area contributed by atoms with Gasteiger partial charge < -0.3 is 14.5 Å². The Morgan fingerprint density at radius 3 is 2.45 bits per heavy atom. The second kappa shape index (κ2) is 9.50. The molecular weight excluding hydrogens is 374 g/mol. The van der Waals surface area contributed by atoms with E-state index in [1.165, 1.54) is 0 Å². The highest BCUT2D eigenvalue weighted by atomic mass is 16.5. The number of carbonyl (C=O) groups excluding carboxylic acids is 2. The Labute approximate surface area is 167 Å². The summed E-state index contributed by atoms with van der Waals surface area (Å²) in [5, 5.41) is 6.69. The lowest BCUT2D eigenvalue weighted by Crippen LogP contribution is -2.32. The van der Waals surface area contributed by atoms with E-state index in [4.69, 9.17) is 9.15 Å². The molecule has 0 aliphatic carbocycles. The Morgan fingerprint density at radius 2 is 1.76 bits per heavy atom. The first-order chi connectivity index (χ1) is 14.0. The molecule has 0 spiro atoms. The van der Waals surface area contributed by atoms with E-state index in [2.05, 4.69) is 10.4 Å². The van der Waals surface area contributed by atoms with E-state index >= 15 is 0 Å². The average Bonchev–Trinajstić information content (AvgIpc) is 3.12. The molecule has 1 aromatic heterocycles. The predicted octanol–water partition coefficient (Wildman–Crippen LogP) is 1.97. The van der Waals surface area contributed by atoms with Crippen LogP contribution < -0.4 is 11.1 Å². The fourth-order valence-electron chi connectivity index (χ4n) is 2.63. The van der Waals surface area contributed by atoms with Gasteiger partial charge in [-0.3, -0.25) is 9.59 Å². The van der Waals surface area contributed by atoms with Crippen molar-refractivity contribution >= 4 is 11.9 Å². The molecule has 150 valence electrons. The van der Waals surface area contributed by atoms with Crippen molar-refractivity contribution in [2.24, 2.45) is 0 Å². The Bertz CT molecular complexity index is 1010. The van der Waals surface area contributed by atoms with Crippen molar-refractivity contribution in [3.8, 4) is 11.5 Å². The number of carbonyl (C=O) groups is 2. The summed E-state index contributed by atoms with van der Waals surface area (Å²) in [4.78, 5) is 35.7. The van der Waals surface area contributed by atoms with E-state index in [0.29, 0.717) is 12.1 Å². The minimum Gasteiger partial charge on any atom is -0.454 e. The number of hydrogen-bond donors (Lipinski definition) is 1. The number of nitrogens with one attached hydrogen (secondary N) is 1. The summed E-state index contributed by atoms with van der Waals surface area (Å²) in [6, 6.07) is 18.6. The number of aromatic nitrogens is 2. The van der Waals surface area contributed by atoms with Gasteiger partial charge in [0.05, 0.1) is 0 Å². The normalized spacial score (nSPS) is 11.6. The van der Waals surface area contributed by atoms with Crippen LogP contribution in [-0.4, -0.2) is 34.8 Å². The molecule has 2 aromatic carbocycles. The number of amides is 1. The Kier molecular flexibility index (Phi) is 6.57. The van der Waals surface area contributed by atoms with Crippen LogP contribution in [0.5, 0.6) is 0 Å². The summed E-state index contributed by atoms with van der Waals surface area (Å²) in [7, 11) is 0. The van der Waals surface area contributed by atoms with Crippen molar-refractivity contribution in [3.63, 3.8) is 0 Å². The molecule has 3 aromatic rings. The molecule has 29 heavy (non-hydrogen) atoms. The van der Waals surface area contributed by atoms with E-state index < -0.39 is 30.8 Å². The first-order valence-corrected chi connectivity index (χ1v) is 9.13. The topological polar surface area (TPSA) is 103 Å². The molecule has 0 bridgehead atoms. The molecule has 8 nitrogen and oxygen atoms in total. The van der Waals surface area contributed by atoms with E-state index in [0.717, 1.165) is 10.2 Å². The van der Waals surface area contributed by atoms with Gasteiger partial charge in [-0.05, 0) is 23.6 Å². The smallest absolute Gasteiger partial charge is 0.437 e. The third-order valence-electron chi connectivity index (χ3n) is 4.24. The number of esters is 1. The van der Waals surface area contributed by atoms with Gasteiger partial charge in [-0.15, -0.1) is 5.10 Å². The highest BCUT2D eigenvalue weighted by molar-refractivity contribution is 5.80. The lowest BCUT2D eigenvalue weighted by atomic mass is 10.0. The van der Waals surface area contributed by atoms with E-state index in [-0.39, 0.29) is 11.8 Å². The van der Waals surface area contributed by atoms with E-state index in [1.54, 1.807) is 24.3 Å². The molecule has 8 heteroatoms. The van der Waals surface area contributed by atoms with Gasteiger partial charge in [0.1, 0.15) is 6.54 Å². The molecule has 0 radical (unpaired) electrons. The maximum absolute atomic E-state index is 11.9. The minimum absolute atomic E-state index is 0.107. The van der Waals surface area contributed by atoms with Crippen LogP contribution in [0.15, 0.2) is 69.9 Å². The fraction of sp³-hybridized carbons (Fsp3) is 0.238. The molecule has 1 atom stereocenters. The third-order valence-corrected chi connectivity index (χ3v) is 4.24. The Morgan fingerprint density at radius 1 is 1.10 bits per heavy atom. The zero-order valence-corrected chi connectivity index (χ0v) is 15.9. The molecule has 1 heterocycles. The second-order valence-corrected chi connectivity index (χ2v) is 6.47. The van der Waals surface area contributed by atoms with Gasteiger partial charge in [0.2, 0.25) is 5.89 Å². The fourth-order valence-corrected chi connectivity index (χ4v) is 2.63. The van der Waals surface area contributed by atoms with Crippen molar-refractivity contribution < 1.29 is 18.7 Å². The lowest BCUT2D eigenvalue weighted by molar-refractivity contribution is -0.149. The van der Waals surface area contributed by atoms with Gasteiger partial charge in [-0.2, -0.15) is 4.68 Å². The molecule has 1 N–H and O–H groups in total. The van der Waals surface area contributed by atoms with Crippen molar-refractivity contribution in [2.75, 3.05) is 13.2 Å². The van der Waals surface area contributed by atoms with Crippen LogP contribution >= 0.6 is 0 Å². The third kappa shape index (κ3) is 5.65. The lowest BCUT2D eigenvalue weighted by Gasteiger charge is -2.13. The standard InChI is InChI=1S/C21H21N3O5/c1-15(16-8-4-2-5-9-16)12-22-18(25)14-28-19(26)13-24-21(27)29-20(23-24)17-10-6-3-7-11-17/h2-11,15H,12-14H2,1H3,(H,22,25)/t15-/m1/s1. The van der Waals surface area contributed by atoms with Crippen molar-refractivity contribution in [1.82, 2.24) is 15.1 Å². The number of hydrogen-bond acceptors (Lipinski definition) is 6. The number of nitrogens with zero attached hydrogens (tertiary/aromatic N) is 2. The van der Waals surface area contributed by atoms with Crippen LogP contribution in [0.1, 0.15) is 18.4 Å². The molecule has 0 saturated carbocycles. The van der Waals surface area contributed by atoms with Crippen LogP contribution in [0.4, 0.5) is 0 Å². The summed E-state index contributed by atoms with van der Waals surface area (Å²) in [6.45, 7) is 1.54. The van der Waals surface area contributed by atoms with Crippen molar-refractivity contribution in [2.45, 2.75) is 19.4 Å². The first-order valence-electron chi connectivity index (χ1n) is 9.13. The average molecular weight is 395 g/mol. The minimum atomic E-state index is -0.776. The SMILES string of the molecule is C[C@H](CNC(=O)COC(=O)Cn1nc(-c2ccccc2)oc1=O)c1ccccc1. The van der Waals surface area contributed by atoms with Crippen LogP contribution in [0, 0.1) is 0 Å². The largest absolute Gasteiger partial charge is 0.454 e. The van der Waals surface area contributed by atoms with Gasteiger partial charge in [0.25, 0.3) is 5.91 Å². The van der Waals surface area contributed by atoms with Gasteiger partial charge in [0.15, 0.2) is 6.61 Å². The summed E-state index contributed by atoms with van der Waals surface area (Å²) < 4.78 is 10.8. The van der Waals surface area contributed by atoms with Crippen molar-refractivity contribution in [1.29, 1.82) is 0 Å². The summed E-state index contributed by atoms with van der Waals surface area (Å²) >= 11 is 0. The zero-order chi connectivity index (χ0) is 20.6. The number of rotatable bonds is 8. The van der Waals surface area contributed by atoms with Crippen LogP contribution in [-0.2, 0) is 20.9 Å². The Balaban J connectivity index is 1.46. The first kappa shape index (κ1) is 20.1. The highest BCUT2D eigenvalue weighted by Crippen LogP contribution is 2.14. The quantitative estimate of drug-likeness (QED) is 0.585. The molecule has 0 unspecified atom stereocenters. The second-order valence-electron chi connectivity index (χ2n) is 6.47. The van der Waals surface area contributed by atoms with Gasteiger partial charge in [0, 0.05) is 12.1 Å². The zero-order valence-electron chi connectivity index (χ0n) is 15.9. The summed E-state index contributed by atoms with van der Waals surface area (Å²) in [5.74, 6) is -1.72. The molecule has 3 rings (SSSR count). The van der Waals surface area contributed by atoms with Gasteiger partial charge in [-0.25, -0.2) is 4.79 Å². The van der Waals surface area contributed by atoms with Crippen LogP contribution in [0.3, 0.4) is 0 Å². The maximum atomic E-state index is 11.9. The monoisotopic (exact) mass is 395 g/mol. The van der Waals surface area contributed by atoms with Gasteiger partial charge >= 0.3 is 11.7 Å². The van der Waals surface area contributed by atoms with E-state index in [1.807, 2.05) is 43.3 Å². The molecule has 0 aliphatic rings. The predicted molar refractivity (Wildman–Crippen MR) is 105 cm³/mol. The van der Waals surface area contributed by atoms with Crippen molar-refractivity contribution in [3.05, 3.63) is 76.8 Å². The van der Waals surface area contributed by atoms with Crippen LogP contribution in [0.2, 0.25) is 0 Å². The molecule has 1 amide bonds. The molecule has 0 fully saturated rings. The maximum Gasteiger partial charge on any atom is 0.437 e. The number of benzene rings is 2. The Hall–Kier alpha value is -3.68. The molecular formula is C21H21N3O5. The van der Waals surface area contributed by atoms with E-state index in [9.17, 15) is 14.4 Å². The van der Waals surface area contributed by atoms with Crippen LogP contribution in [0.25, 0.3) is 11.5 Å². The van der Waals surface area contributed by atoms with Gasteiger partial charge in [-0.1, -0.05) is 55.5 Å². The number of ether oxygens (including phenoxy) is 1. The highest BCUT2D eigenvalue weighted by Gasteiger charge is 2.15. The molecule has 0 saturated heterocycles. The summed E-state index contributed by atoms with van der Waals surface area (Å²) in [5.41, 5.74) is 1.72. The molecule has 0 aliphatic heterocycles.